The zero-order valence-electron chi connectivity index (χ0n) is 10.5. The van der Waals surface area contributed by atoms with E-state index < -0.39 is 0 Å². The van der Waals surface area contributed by atoms with Gasteiger partial charge in [-0.1, -0.05) is 0 Å². The summed E-state index contributed by atoms with van der Waals surface area (Å²) in [4.78, 5) is 24.0. The first kappa shape index (κ1) is 12.5. The quantitative estimate of drug-likeness (QED) is 0.800. The molecule has 20 heavy (non-hydrogen) atoms. The Morgan fingerprint density at radius 3 is 2.95 bits per heavy atom. The molecule has 0 bridgehead atoms. The molecule has 0 aliphatic rings. The van der Waals surface area contributed by atoms with E-state index in [0.717, 1.165) is 5.76 Å². The van der Waals surface area contributed by atoms with Crippen molar-refractivity contribution in [3.05, 3.63) is 47.6 Å². The van der Waals surface area contributed by atoms with Crippen LogP contribution in [0.3, 0.4) is 0 Å². The Morgan fingerprint density at radius 1 is 1.35 bits per heavy atom. The van der Waals surface area contributed by atoms with Gasteiger partial charge in [0, 0.05) is 17.8 Å². The Balaban J connectivity index is 1.76. The maximum Gasteiger partial charge on any atom is 0.277 e. The lowest BCUT2D eigenvalue weighted by Crippen LogP contribution is -2.13. The van der Waals surface area contributed by atoms with Crippen LogP contribution in [0.15, 0.2) is 40.5 Å². The van der Waals surface area contributed by atoms with Crippen molar-refractivity contribution in [2.45, 2.75) is 6.92 Å². The summed E-state index contributed by atoms with van der Waals surface area (Å²) in [7, 11) is 0. The highest BCUT2D eigenvalue weighted by Crippen LogP contribution is 2.26. The van der Waals surface area contributed by atoms with Crippen LogP contribution >= 0.6 is 11.3 Å². The van der Waals surface area contributed by atoms with E-state index in [0.29, 0.717) is 16.6 Å². The first-order valence-electron chi connectivity index (χ1n) is 5.82. The molecular weight excluding hydrogens is 276 g/mol. The van der Waals surface area contributed by atoms with Crippen LogP contribution in [0.1, 0.15) is 16.2 Å². The van der Waals surface area contributed by atoms with Crippen LogP contribution in [0.4, 0.5) is 5.13 Å². The summed E-state index contributed by atoms with van der Waals surface area (Å²) in [6, 6.07) is 3.71. The van der Waals surface area contributed by atoms with Crippen molar-refractivity contribution in [1.82, 2.24) is 15.0 Å². The number of aromatic nitrogens is 3. The first-order chi connectivity index (χ1) is 9.72. The highest BCUT2D eigenvalue weighted by Gasteiger charge is 2.12. The molecule has 0 aromatic carbocycles. The summed E-state index contributed by atoms with van der Waals surface area (Å²) in [6.07, 6.45) is 4.38. The topological polar surface area (TPSA) is 80.9 Å². The number of carbonyl (C=O) groups is 1. The fraction of sp³-hybridized carbons (Fsp3) is 0.0769. The first-order valence-corrected chi connectivity index (χ1v) is 6.70. The number of carbonyl (C=O) groups excluding carboxylic acids is 1. The molecule has 6 nitrogen and oxygen atoms in total. The molecule has 0 radical (unpaired) electrons. The second kappa shape index (κ2) is 5.22. The zero-order chi connectivity index (χ0) is 13.9. The minimum absolute atomic E-state index is 0.248. The van der Waals surface area contributed by atoms with E-state index in [1.54, 1.807) is 0 Å². The van der Waals surface area contributed by atoms with Crippen molar-refractivity contribution in [1.29, 1.82) is 0 Å². The maximum absolute atomic E-state index is 11.9. The SMILES string of the molecule is Cc1ccc(-c2csc(NC(=O)c3cnccn3)n2)o1. The van der Waals surface area contributed by atoms with Gasteiger partial charge in [-0.3, -0.25) is 15.1 Å². The molecule has 0 aliphatic carbocycles. The van der Waals surface area contributed by atoms with E-state index >= 15 is 0 Å². The largest absolute Gasteiger partial charge is 0.460 e. The molecule has 1 N–H and O–H groups in total. The van der Waals surface area contributed by atoms with Crippen LogP contribution in [0.25, 0.3) is 11.5 Å². The summed E-state index contributed by atoms with van der Waals surface area (Å²) in [6.45, 7) is 1.87. The second-order valence-electron chi connectivity index (χ2n) is 3.99. The molecule has 0 spiro atoms. The average molecular weight is 286 g/mol. The van der Waals surface area contributed by atoms with Crippen LogP contribution in [-0.2, 0) is 0 Å². The smallest absolute Gasteiger partial charge is 0.277 e. The molecule has 0 saturated heterocycles. The average Bonchev–Trinajstić information content (AvgIpc) is 3.09. The van der Waals surface area contributed by atoms with Crippen molar-refractivity contribution in [3.63, 3.8) is 0 Å². The van der Waals surface area contributed by atoms with Crippen LogP contribution in [0.2, 0.25) is 0 Å². The van der Waals surface area contributed by atoms with Crippen LogP contribution in [0.5, 0.6) is 0 Å². The number of nitrogens with zero attached hydrogens (tertiary/aromatic N) is 3. The number of hydrogen-bond acceptors (Lipinski definition) is 6. The van der Waals surface area contributed by atoms with Crippen molar-refractivity contribution in [2.24, 2.45) is 0 Å². The molecule has 0 aliphatic heterocycles. The Morgan fingerprint density at radius 2 is 2.25 bits per heavy atom. The van der Waals surface area contributed by atoms with Crippen molar-refractivity contribution >= 4 is 22.4 Å². The number of rotatable bonds is 3. The van der Waals surface area contributed by atoms with E-state index in [-0.39, 0.29) is 11.6 Å². The number of thiazole rings is 1. The zero-order valence-corrected chi connectivity index (χ0v) is 11.3. The number of furan rings is 1. The molecular formula is C13H10N4O2S. The fourth-order valence-corrected chi connectivity index (χ4v) is 2.29. The lowest BCUT2D eigenvalue weighted by atomic mass is 10.4. The van der Waals surface area contributed by atoms with E-state index in [4.69, 9.17) is 4.42 Å². The monoisotopic (exact) mass is 286 g/mol. The lowest BCUT2D eigenvalue weighted by molar-refractivity contribution is 0.102. The third kappa shape index (κ3) is 2.57. The van der Waals surface area contributed by atoms with Gasteiger partial charge in [-0.25, -0.2) is 9.97 Å². The van der Waals surface area contributed by atoms with Gasteiger partial charge in [-0.15, -0.1) is 11.3 Å². The molecule has 0 saturated carbocycles. The predicted molar refractivity (Wildman–Crippen MR) is 74.5 cm³/mol. The van der Waals surface area contributed by atoms with Gasteiger partial charge in [0.1, 0.15) is 17.1 Å². The fourth-order valence-electron chi connectivity index (χ4n) is 1.59. The van der Waals surface area contributed by atoms with Gasteiger partial charge in [0.25, 0.3) is 5.91 Å². The highest BCUT2D eigenvalue weighted by molar-refractivity contribution is 7.14. The Labute approximate surface area is 118 Å². The van der Waals surface area contributed by atoms with Gasteiger partial charge in [0.05, 0.1) is 6.20 Å². The van der Waals surface area contributed by atoms with E-state index in [1.807, 2.05) is 24.4 Å². The summed E-state index contributed by atoms with van der Waals surface area (Å²) >= 11 is 1.33. The molecule has 100 valence electrons. The lowest BCUT2D eigenvalue weighted by Gasteiger charge is -1.99. The van der Waals surface area contributed by atoms with E-state index in [2.05, 4.69) is 20.3 Å². The Bertz CT molecular complexity index is 736. The molecule has 0 fully saturated rings. The predicted octanol–water partition coefficient (Wildman–Crippen LogP) is 2.75. The molecule has 1 amide bonds. The van der Waals surface area contributed by atoms with Gasteiger partial charge in [-0.2, -0.15) is 0 Å². The molecule has 3 rings (SSSR count). The minimum Gasteiger partial charge on any atom is -0.460 e. The molecule has 0 atom stereocenters. The van der Waals surface area contributed by atoms with Gasteiger partial charge in [0.15, 0.2) is 10.9 Å². The number of nitrogens with one attached hydrogen (secondary N) is 1. The molecule has 3 aromatic rings. The molecule has 3 heterocycles. The maximum atomic E-state index is 11.9. The standard InChI is InChI=1S/C13H10N4O2S/c1-8-2-3-11(19-8)10-7-20-13(16-10)17-12(18)9-6-14-4-5-15-9/h2-7H,1H3,(H,16,17,18). The van der Waals surface area contributed by atoms with Gasteiger partial charge in [-0.05, 0) is 19.1 Å². The van der Waals surface area contributed by atoms with Crippen molar-refractivity contribution in [3.8, 4) is 11.5 Å². The van der Waals surface area contributed by atoms with Gasteiger partial charge < -0.3 is 4.42 Å². The highest BCUT2D eigenvalue weighted by atomic mass is 32.1. The minimum atomic E-state index is -0.338. The van der Waals surface area contributed by atoms with Crippen LogP contribution < -0.4 is 5.32 Å². The van der Waals surface area contributed by atoms with Gasteiger partial charge in [0.2, 0.25) is 0 Å². The normalized spacial score (nSPS) is 10.4. The van der Waals surface area contributed by atoms with E-state index in [1.165, 1.54) is 29.9 Å². The number of anilines is 1. The molecule has 7 heteroatoms. The summed E-state index contributed by atoms with van der Waals surface area (Å²) in [5.74, 6) is 1.16. The Hall–Kier alpha value is -2.54. The van der Waals surface area contributed by atoms with Gasteiger partial charge >= 0.3 is 0 Å². The molecule has 0 unspecified atom stereocenters. The van der Waals surface area contributed by atoms with Crippen molar-refractivity contribution < 1.29 is 9.21 Å². The summed E-state index contributed by atoms with van der Waals surface area (Å²) in [5.41, 5.74) is 0.940. The second-order valence-corrected chi connectivity index (χ2v) is 4.85. The Kier molecular flexibility index (Phi) is 3.26. The van der Waals surface area contributed by atoms with Crippen LogP contribution in [0, 0.1) is 6.92 Å². The number of aryl methyl sites for hydroxylation is 1. The third-order valence-electron chi connectivity index (χ3n) is 2.51. The number of hydrogen-bond donors (Lipinski definition) is 1. The summed E-state index contributed by atoms with van der Waals surface area (Å²) < 4.78 is 5.48. The third-order valence-corrected chi connectivity index (χ3v) is 3.27. The molecule has 3 aromatic heterocycles. The summed E-state index contributed by atoms with van der Waals surface area (Å²) in [5, 5.41) is 4.99. The van der Waals surface area contributed by atoms with Crippen molar-refractivity contribution in [2.75, 3.05) is 5.32 Å². The van der Waals surface area contributed by atoms with E-state index in [9.17, 15) is 4.79 Å². The van der Waals surface area contributed by atoms with Crippen LogP contribution in [-0.4, -0.2) is 20.9 Å². The number of amides is 1.